The Morgan fingerprint density at radius 3 is 2.62 bits per heavy atom. The van der Waals surface area contributed by atoms with E-state index in [1.165, 1.54) is 11.1 Å². The SMILES string of the molecule is Cc1cc(Cl)cc(CN2CCC(N(C)CC(=O)O)CC2)c1. The maximum Gasteiger partial charge on any atom is 0.317 e. The lowest BCUT2D eigenvalue weighted by Crippen LogP contribution is -2.44. The number of carbonyl (C=O) groups is 1. The zero-order valence-electron chi connectivity index (χ0n) is 12.7. The largest absolute Gasteiger partial charge is 0.480 e. The van der Waals surface area contributed by atoms with Gasteiger partial charge in [-0.15, -0.1) is 0 Å². The molecule has 1 saturated heterocycles. The average Bonchev–Trinajstić information content (AvgIpc) is 2.37. The Labute approximate surface area is 131 Å². The summed E-state index contributed by atoms with van der Waals surface area (Å²) in [4.78, 5) is 15.1. The highest BCUT2D eigenvalue weighted by Crippen LogP contribution is 2.20. The number of aryl methyl sites for hydroxylation is 1. The van der Waals surface area contributed by atoms with Crippen LogP contribution in [0.25, 0.3) is 0 Å². The van der Waals surface area contributed by atoms with Crippen LogP contribution in [0.15, 0.2) is 18.2 Å². The molecule has 0 amide bonds. The molecule has 1 N–H and O–H groups in total. The van der Waals surface area contributed by atoms with Crippen molar-refractivity contribution in [2.45, 2.75) is 32.4 Å². The molecule has 1 heterocycles. The summed E-state index contributed by atoms with van der Waals surface area (Å²) in [5.74, 6) is -0.755. The molecule has 2 rings (SSSR count). The molecule has 0 aliphatic carbocycles. The number of nitrogens with zero attached hydrogens (tertiary/aromatic N) is 2. The molecule has 0 spiro atoms. The third-order valence-corrected chi connectivity index (χ3v) is 4.29. The van der Waals surface area contributed by atoms with Gasteiger partial charge in [0.2, 0.25) is 0 Å². The molecule has 1 aliphatic rings. The summed E-state index contributed by atoms with van der Waals surface area (Å²) in [5.41, 5.74) is 2.44. The van der Waals surface area contributed by atoms with Gasteiger partial charge in [-0.2, -0.15) is 0 Å². The van der Waals surface area contributed by atoms with Crippen molar-refractivity contribution in [3.05, 3.63) is 34.3 Å². The van der Waals surface area contributed by atoms with Crippen molar-refractivity contribution in [3.63, 3.8) is 0 Å². The highest BCUT2D eigenvalue weighted by molar-refractivity contribution is 6.30. The first-order chi connectivity index (χ1) is 9.94. The minimum Gasteiger partial charge on any atom is -0.480 e. The van der Waals surface area contributed by atoms with Crippen LogP contribution in [-0.2, 0) is 11.3 Å². The van der Waals surface area contributed by atoms with E-state index in [2.05, 4.69) is 17.9 Å². The second-order valence-electron chi connectivity index (χ2n) is 5.95. The summed E-state index contributed by atoms with van der Waals surface area (Å²) in [6, 6.07) is 6.54. The van der Waals surface area contributed by atoms with Gasteiger partial charge in [-0.3, -0.25) is 14.6 Å². The molecule has 1 fully saturated rings. The third kappa shape index (κ3) is 4.99. The van der Waals surface area contributed by atoms with Gasteiger partial charge in [-0.25, -0.2) is 0 Å². The van der Waals surface area contributed by atoms with Crippen molar-refractivity contribution in [1.29, 1.82) is 0 Å². The summed E-state index contributed by atoms with van der Waals surface area (Å²) in [7, 11) is 1.90. The Kier molecular flexibility index (Phi) is 5.62. The molecule has 5 heteroatoms. The maximum absolute atomic E-state index is 10.8. The van der Waals surface area contributed by atoms with Gasteiger partial charge in [-0.1, -0.05) is 17.7 Å². The Hall–Kier alpha value is -1.10. The summed E-state index contributed by atoms with van der Waals surface area (Å²) >= 11 is 6.10. The van der Waals surface area contributed by atoms with Crippen molar-refractivity contribution in [2.75, 3.05) is 26.7 Å². The van der Waals surface area contributed by atoms with Crippen molar-refractivity contribution in [1.82, 2.24) is 9.80 Å². The molecule has 1 aromatic carbocycles. The number of rotatable bonds is 5. The Morgan fingerprint density at radius 1 is 1.38 bits per heavy atom. The first kappa shape index (κ1) is 16.3. The van der Waals surface area contributed by atoms with E-state index in [1.807, 2.05) is 24.1 Å². The molecule has 0 saturated carbocycles. The number of hydrogen-bond acceptors (Lipinski definition) is 3. The monoisotopic (exact) mass is 310 g/mol. The zero-order valence-corrected chi connectivity index (χ0v) is 13.4. The van der Waals surface area contributed by atoms with Crippen LogP contribution in [-0.4, -0.2) is 53.6 Å². The Morgan fingerprint density at radius 2 is 2.05 bits per heavy atom. The smallest absolute Gasteiger partial charge is 0.317 e. The van der Waals surface area contributed by atoms with Crippen LogP contribution < -0.4 is 0 Å². The summed E-state index contributed by atoms with van der Waals surface area (Å²) in [6.07, 6.45) is 2.03. The Bertz CT molecular complexity index is 479. The standard InChI is InChI=1S/C16H23ClN2O2/c1-12-7-13(9-14(17)8-12)10-19-5-3-15(4-6-19)18(2)11-16(20)21/h7-9,15H,3-6,10-11H2,1-2H3,(H,20,21). The number of aliphatic carboxylic acids is 1. The highest BCUT2D eigenvalue weighted by Gasteiger charge is 2.23. The first-order valence-electron chi connectivity index (χ1n) is 7.34. The van der Waals surface area contributed by atoms with Gasteiger partial charge in [-0.05, 0) is 63.2 Å². The van der Waals surface area contributed by atoms with E-state index in [0.717, 1.165) is 37.5 Å². The second-order valence-corrected chi connectivity index (χ2v) is 6.39. The fourth-order valence-electron chi connectivity index (χ4n) is 3.02. The molecule has 1 aromatic rings. The van der Waals surface area contributed by atoms with Crippen LogP contribution in [0.3, 0.4) is 0 Å². The first-order valence-corrected chi connectivity index (χ1v) is 7.72. The van der Waals surface area contributed by atoms with E-state index in [4.69, 9.17) is 16.7 Å². The zero-order chi connectivity index (χ0) is 15.4. The minimum atomic E-state index is -0.755. The lowest BCUT2D eigenvalue weighted by atomic mass is 10.0. The highest BCUT2D eigenvalue weighted by atomic mass is 35.5. The summed E-state index contributed by atoms with van der Waals surface area (Å²) in [5, 5.41) is 9.64. The predicted molar refractivity (Wildman–Crippen MR) is 84.8 cm³/mol. The van der Waals surface area contributed by atoms with E-state index >= 15 is 0 Å². The normalized spacial score (nSPS) is 17.3. The Balaban J connectivity index is 1.85. The second kappa shape index (κ2) is 7.25. The van der Waals surface area contributed by atoms with Gasteiger partial charge in [0.25, 0.3) is 0 Å². The van der Waals surface area contributed by atoms with Crippen LogP contribution in [0, 0.1) is 6.92 Å². The van der Waals surface area contributed by atoms with Crippen molar-refractivity contribution < 1.29 is 9.90 Å². The quantitative estimate of drug-likeness (QED) is 0.908. The van der Waals surface area contributed by atoms with Crippen LogP contribution in [0.4, 0.5) is 0 Å². The molecule has 0 atom stereocenters. The molecule has 0 radical (unpaired) electrons. The third-order valence-electron chi connectivity index (χ3n) is 4.07. The van der Waals surface area contributed by atoms with Gasteiger partial charge in [0.05, 0.1) is 6.54 Å². The van der Waals surface area contributed by atoms with E-state index in [1.54, 1.807) is 0 Å². The van der Waals surface area contributed by atoms with Crippen molar-refractivity contribution in [2.24, 2.45) is 0 Å². The fraction of sp³-hybridized carbons (Fsp3) is 0.562. The number of likely N-dealkylation sites (N-methyl/N-ethyl adjacent to an activating group) is 1. The number of benzene rings is 1. The van der Waals surface area contributed by atoms with Crippen LogP contribution in [0.1, 0.15) is 24.0 Å². The van der Waals surface area contributed by atoms with Crippen molar-refractivity contribution in [3.8, 4) is 0 Å². The van der Waals surface area contributed by atoms with E-state index < -0.39 is 5.97 Å². The van der Waals surface area contributed by atoms with E-state index in [9.17, 15) is 4.79 Å². The van der Waals surface area contributed by atoms with Gasteiger partial charge in [0.15, 0.2) is 0 Å². The molecule has 0 bridgehead atoms. The molecule has 116 valence electrons. The van der Waals surface area contributed by atoms with Gasteiger partial charge in [0, 0.05) is 17.6 Å². The number of halogens is 1. The molecule has 0 unspecified atom stereocenters. The minimum absolute atomic E-state index is 0.123. The maximum atomic E-state index is 10.8. The summed E-state index contributed by atoms with van der Waals surface area (Å²) in [6.45, 7) is 5.10. The molecular formula is C16H23ClN2O2. The lowest BCUT2D eigenvalue weighted by Gasteiger charge is -2.36. The van der Waals surface area contributed by atoms with Gasteiger partial charge in [0.1, 0.15) is 0 Å². The lowest BCUT2D eigenvalue weighted by molar-refractivity contribution is -0.138. The number of piperidine rings is 1. The average molecular weight is 311 g/mol. The predicted octanol–water partition coefficient (Wildman–Crippen LogP) is 2.63. The van der Waals surface area contributed by atoms with Gasteiger partial charge >= 0.3 is 5.97 Å². The van der Waals surface area contributed by atoms with Crippen LogP contribution in [0.2, 0.25) is 5.02 Å². The molecule has 1 aliphatic heterocycles. The van der Waals surface area contributed by atoms with E-state index in [0.29, 0.717) is 6.04 Å². The van der Waals surface area contributed by atoms with Gasteiger partial charge < -0.3 is 5.11 Å². The number of carboxylic acids is 1. The fourth-order valence-corrected chi connectivity index (χ4v) is 3.33. The van der Waals surface area contributed by atoms with Crippen LogP contribution in [0.5, 0.6) is 0 Å². The molecule has 0 aromatic heterocycles. The number of likely N-dealkylation sites (tertiary alicyclic amines) is 1. The molecular weight excluding hydrogens is 288 g/mol. The molecule has 21 heavy (non-hydrogen) atoms. The molecule has 4 nitrogen and oxygen atoms in total. The number of carboxylic acid groups (broad SMARTS) is 1. The topological polar surface area (TPSA) is 43.8 Å². The van der Waals surface area contributed by atoms with Crippen LogP contribution >= 0.6 is 11.6 Å². The van der Waals surface area contributed by atoms with Crippen molar-refractivity contribution >= 4 is 17.6 Å². The summed E-state index contributed by atoms with van der Waals surface area (Å²) < 4.78 is 0. The number of hydrogen-bond donors (Lipinski definition) is 1. The van der Waals surface area contributed by atoms with E-state index in [-0.39, 0.29) is 6.54 Å².